The number of rotatable bonds is 10. The molecule has 0 unspecified atom stereocenters. The molecule has 0 amide bonds. The molecule has 1 aliphatic heterocycles. The number of carbonyl (C=O) groups excluding carboxylic acids is 1. The summed E-state index contributed by atoms with van der Waals surface area (Å²) in [6.07, 6.45) is 12.8. The van der Waals surface area contributed by atoms with Crippen LogP contribution in [0.25, 0.3) is 0 Å². The molecule has 3 heteroatoms. The molecule has 0 atom stereocenters. The van der Waals surface area contributed by atoms with Gasteiger partial charge in [-0.05, 0) is 59.5 Å². The second-order valence-corrected chi connectivity index (χ2v) is 6.32. The maximum absolute atomic E-state index is 11.1. The summed E-state index contributed by atoms with van der Waals surface area (Å²) in [6.45, 7) is 13.0. The fraction of sp³-hybridized carbons (Fsp3) is 0.650. The van der Waals surface area contributed by atoms with E-state index in [2.05, 4.69) is 55.8 Å². The minimum Gasteiger partial charge on any atom is -0.352 e. The quantitative estimate of drug-likeness (QED) is 0.437. The summed E-state index contributed by atoms with van der Waals surface area (Å²) in [5.74, 6) is 0. The number of likely N-dealkylation sites (tertiary alicyclic amines) is 1. The van der Waals surface area contributed by atoms with Gasteiger partial charge in [0, 0.05) is 31.4 Å². The lowest BCUT2D eigenvalue weighted by molar-refractivity contribution is -0.107. The van der Waals surface area contributed by atoms with Crippen molar-refractivity contribution in [2.45, 2.75) is 59.8 Å². The smallest absolute Gasteiger partial charge is 0.125 e. The minimum absolute atomic E-state index is 0.488. The van der Waals surface area contributed by atoms with Crippen molar-refractivity contribution in [3.63, 3.8) is 0 Å². The van der Waals surface area contributed by atoms with E-state index >= 15 is 0 Å². The van der Waals surface area contributed by atoms with Crippen molar-refractivity contribution in [1.29, 1.82) is 0 Å². The number of hydrogen-bond acceptors (Lipinski definition) is 3. The Hall–Kier alpha value is -1.35. The van der Waals surface area contributed by atoms with E-state index in [0.29, 0.717) is 6.42 Å². The molecule has 1 heterocycles. The molecule has 0 bridgehead atoms. The summed E-state index contributed by atoms with van der Waals surface area (Å²) in [7, 11) is 0. The van der Waals surface area contributed by atoms with Crippen LogP contribution in [0, 0.1) is 0 Å². The predicted octanol–water partition coefficient (Wildman–Crippen LogP) is 4.53. The number of hydrogen-bond donors (Lipinski definition) is 0. The van der Waals surface area contributed by atoms with Crippen LogP contribution in [0.3, 0.4) is 0 Å². The van der Waals surface area contributed by atoms with Crippen LogP contribution >= 0.6 is 0 Å². The van der Waals surface area contributed by atoms with Gasteiger partial charge in [-0.3, -0.25) is 4.90 Å². The Balaban J connectivity index is 2.76. The van der Waals surface area contributed by atoms with E-state index < -0.39 is 0 Å². The maximum atomic E-state index is 11.1. The Morgan fingerprint density at radius 2 is 1.87 bits per heavy atom. The van der Waals surface area contributed by atoms with Gasteiger partial charge in [0.15, 0.2) is 0 Å². The highest BCUT2D eigenvalue weighted by Gasteiger charge is 2.12. The fourth-order valence-corrected chi connectivity index (χ4v) is 2.89. The van der Waals surface area contributed by atoms with Crippen molar-refractivity contribution in [1.82, 2.24) is 9.80 Å². The third kappa shape index (κ3) is 7.17. The van der Waals surface area contributed by atoms with Crippen molar-refractivity contribution in [3.05, 3.63) is 35.2 Å². The van der Waals surface area contributed by atoms with Crippen LogP contribution in [0.5, 0.6) is 0 Å². The van der Waals surface area contributed by atoms with Gasteiger partial charge in [-0.25, -0.2) is 0 Å². The van der Waals surface area contributed by atoms with E-state index in [1.54, 1.807) is 0 Å². The van der Waals surface area contributed by atoms with Crippen LogP contribution in [0.2, 0.25) is 0 Å². The molecule has 1 fully saturated rings. The van der Waals surface area contributed by atoms with E-state index in [1.807, 2.05) is 0 Å². The zero-order chi connectivity index (χ0) is 17.1. The summed E-state index contributed by atoms with van der Waals surface area (Å²) >= 11 is 0. The monoisotopic (exact) mass is 318 g/mol. The SMILES string of the molecule is C/C=C(\C/C=C(\CC=O)N(/C=C(/C)CC)CC)CN1CCCC1. The molecule has 0 spiro atoms. The fourth-order valence-electron chi connectivity index (χ4n) is 2.89. The van der Waals surface area contributed by atoms with Gasteiger partial charge in [0.05, 0.1) is 0 Å². The first-order valence-corrected chi connectivity index (χ1v) is 9.07. The Morgan fingerprint density at radius 3 is 2.39 bits per heavy atom. The van der Waals surface area contributed by atoms with E-state index in [9.17, 15) is 4.79 Å². The number of allylic oxidation sites excluding steroid dienone is 4. The molecule has 1 aliphatic rings. The van der Waals surface area contributed by atoms with E-state index in [1.165, 1.54) is 37.1 Å². The lowest BCUT2D eigenvalue weighted by Crippen LogP contribution is -2.22. The average molecular weight is 319 g/mol. The highest BCUT2D eigenvalue weighted by molar-refractivity contribution is 5.54. The van der Waals surface area contributed by atoms with Crippen LogP contribution in [0.1, 0.15) is 59.8 Å². The molecule has 0 aromatic carbocycles. The molecule has 0 aromatic rings. The Labute approximate surface area is 142 Å². The Kier molecular flexibility index (Phi) is 9.61. The standard InChI is InChI=1S/C20H34N2O/c1-5-18(4)16-22(7-3)20(12-15-23)11-10-19(6-2)17-21-13-8-9-14-21/h6,11,15-16H,5,7-10,12-14,17H2,1-4H3/b18-16-,19-6+,20-11+. The van der Waals surface area contributed by atoms with Crippen molar-refractivity contribution in [3.8, 4) is 0 Å². The van der Waals surface area contributed by atoms with Crippen LogP contribution in [0.4, 0.5) is 0 Å². The van der Waals surface area contributed by atoms with Crippen molar-refractivity contribution in [2.24, 2.45) is 0 Å². The molecular weight excluding hydrogens is 284 g/mol. The normalized spacial score (nSPS) is 17.7. The average Bonchev–Trinajstić information content (AvgIpc) is 3.08. The van der Waals surface area contributed by atoms with E-state index in [0.717, 1.165) is 37.9 Å². The summed E-state index contributed by atoms with van der Waals surface area (Å²) in [5.41, 5.74) is 3.91. The summed E-state index contributed by atoms with van der Waals surface area (Å²) in [5, 5.41) is 0. The lowest BCUT2D eigenvalue weighted by atomic mass is 10.1. The van der Waals surface area contributed by atoms with E-state index in [4.69, 9.17) is 0 Å². The molecule has 23 heavy (non-hydrogen) atoms. The molecule has 1 rings (SSSR count). The Morgan fingerprint density at radius 1 is 1.17 bits per heavy atom. The first-order chi connectivity index (χ1) is 11.1. The minimum atomic E-state index is 0.488. The van der Waals surface area contributed by atoms with Crippen LogP contribution in [0.15, 0.2) is 35.2 Å². The molecule has 1 saturated heterocycles. The zero-order valence-corrected chi connectivity index (χ0v) is 15.5. The first-order valence-electron chi connectivity index (χ1n) is 9.07. The second kappa shape index (κ2) is 11.2. The molecule has 0 N–H and O–H groups in total. The van der Waals surface area contributed by atoms with Gasteiger partial charge in [-0.1, -0.05) is 30.2 Å². The largest absolute Gasteiger partial charge is 0.352 e. The second-order valence-electron chi connectivity index (χ2n) is 6.32. The van der Waals surface area contributed by atoms with Gasteiger partial charge >= 0.3 is 0 Å². The van der Waals surface area contributed by atoms with Crippen molar-refractivity contribution in [2.75, 3.05) is 26.2 Å². The topological polar surface area (TPSA) is 23.6 Å². The Bertz CT molecular complexity index is 443. The highest BCUT2D eigenvalue weighted by Crippen LogP contribution is 2.17. The van der Waals surface area contributed by atoms with Gasteiger partial charge < -0.3 is 9.69 Å². The van der Waals surface area contributed by atoms with Gasteiger partial charge in [0.2, 0.25) is 0 Å². The zero-order valence-electron chi connectivity index (χ0n) is 15.5. The van der Waals surface area contributed by atoms with Crippen molar-refractivity contribution >= 4 is 6.29 Å². The van der Waals surface area contributed by atoms with Gasteiger partial charge in [0.25, 0.3) is 0 Å². The molecule has 130 valence electrons. The summed E-state index contributed by atoms with van der Waals surface area (Å²) in [6, 6.07) is 0. The van der Waals surface area contributed by atoms with Gasteiger partial charge in [-0.15, -0.1) is 0 Å². The number of carbonyl (C=O) groups is 1. The third-order valence-corrected chi connectivity index (χ3v) is 4.57. The molecule has 0 saturated carbocycles. The molecule has 0 radical (unpaired) electrons. The molecule has 0 aliphatic carbocycles. The van der Waals surface area contributed by atoms with Crippen molar-refractivity contribution < 1.29 is 4.79 Å². The van der Waals surface area contributed by atoms with E-state index in [-0.39, 0.29) is 0 Å². The third-order valence-electron chi connectivity index (χ3n) is 4.57. The summed E-state index contributed by atoms with van der Waals surface area (Å²) < 4.78 is 0. The summed E-state index contributed by atoms with van der Waals surface area (Å²) in [4.78, 5) is 15.8. The van der Waals surface area contributed by atoms with Gasteiger partial charge in [0.1, 0.15) is 6.29 Å². The van der Waals surface area contributed by atoms with Gasteiger partial charge in [-0.2, -0.15) is 0 Å². The lowest BCUT2D eigenvalue weighted by Gasteiger charge is -2.23. The number of aldehydes is 1. The number of nitrogens with zero attached hydrogens (tertiary/aromatic N) is 2. The van der Waals surface area contributed by atoms with Crippen LogP contribution in [-0.2, 0) is 4.79 Å². The molecular formula is C20H34N2O. The maximum Gasteiger partial charge on any atom is 0.125 e. The van der Waals surface area contributed by atoms with Crippen LogP contribution < -0.4 is 0 Å². The highest BCUT2D eigenvalue weighted by atomic mass is 16.1. The predicted molar refractivity (Wildman–Crippen MR) is 99.2 cm³/mol. The van der Waals surface area contributed by atoms with Crippen LogP contribution in [-0.4, -0.2) is 42.3 Å². The molecule has 3 nitrogen and oxygen atoms in total. The molecule has 0 aromatic heterocycles. The first kappa shape index (κ1) is 19.7.